The number of nitrogens with one attached hydrogen (secondary N) is 1. The van der Waals surface area contributed by atoms with Crippen molar-refractivity contribution in [2.75, 3.05) is 12.3 Å². The highest BCUT2D eigenvalue weighted by molar-refractivity contribution is 7.99. The fourth-order valence-corrected chi connectivity index (χ4v) is 3.05. The molecule has 0 saturated carbocycles. The molecule has 1 aromatic rings. The van der Waals surface area contributed by atoms with Crippen LogP contribution in [0.25, 0.3) is 0 Å². The monoisotopic (exact) mass is 255 g/mol. The average molecular weight is 255 g/mol. The Morgan fingerprint density at radius 3 is 2.65 bits per heavy atom. The lowest BCUT2D eigenvalue weighted by molar-refractivity contribution is 0.433. The highest BCUT2D eigenvalue weighted by atomic mass is 32.2. The lowest BCUT2D eigenvalue weighted by Crippen LogP contribution is -2.36. The van der Waals surface area contributed by atoms with E-state index < -0.39 is 0 Å². The minimum atomic E-state index is 0.579. The third kappa shape index (κ3) is 4.72. The van der Waals surface area contributed by atoms with E-state index >= 15 is 0 Å². The number of nitrogens with zero attached hydrogens (tertiary/aromatic N) is 2. The maximum Gasteiger partial charge on any atom is 0.0939 e. The highest BCUT2D eigenvalue weighted by Crippen LogP contribution is 2.21. The Labute approximate surface area is 109 Å². The third-order valence-electron chi connectivity index (χ3n) is 2.83. The van der Waals surface area contributed by atoms with E-state index in [4.69, 9.17) is 0 Å². The zero-order valence-electron chi connectivity index (χ0n) is 11.7. The fraction of sp³-hybridized carbons (Fsp3) is 0.769. The van der Waals surface area contributed by atoms with E-state index in [1.165, 1.54) is 11.4 Å². The Balaban J connectivity index is 2.48. The zero-order chi connectivity index (χ0) is 12.8. The van der Waals surface area contributed by atoms with Gasteiger partial charge in [0.2, 0.25) is 0 Å². The van der Waals surface area contributed by atoms with Crippen LogP contribution in [0.1, 0.15) is 32.9 Å². The van der Waals surface area contributed by atoms with Gasteiger partial charge in [-0.2, -0.15) is 5.10 Å². The van der Waals surface area contributed by atoms with Crippen molar-refractivity contribution < 1.29 is 0 Å². The maximum atomic E-state index is 4.37. The molecule has 0 radical (unpaired) electrons. The van der Waals surface area contributed by atoms with Gasteiger partial charge in [0.05, 0.1) is 10.7 Å². The van der Waals surface area contributed by atoms with Crippen molar-refractivity contribution in [2.45, 2.75) is 45.2 Å². The summed E-state index contributed by atoms with van der Waals surface area (Å²) in [5.74, 6) is 1.78. The standard InChI is InChI=1S/C13H25N3S/c1-6-7-14-12(10(2)3)9-17-13-8-11(4)15-16(13)5/h8,10,12,14H,6-7,9H2,1-5H3. The van der Waals surface area contributed by atoms with E-state index in [0.717, 1.165) is 18.0 Å². The highest BCUT2D eigenvalue weighted by Gasteiger charge is 2.13. The van der Waals surface area contributed by atoms with Gasteiger partial charge < -0.3 is 5.32 Å². The summed E-state index contributed by atoms with van der Waals surface area (Å²) in [7, 11) is 2.01. The van der Waals surface area contributed by atoms with Crippen LogP contribution in [-0.2, 0) is 7.05 Å². The molecule has 3 nitrogen and oxygen atoms in total. The summed E-state index contributed by atoms with van der Waals surface area (Å²) >= 11 is 1.89. The molecule has 0 aromatic carbocycles. The van der Waals surface area contributed by atoms with Gasteiger partial charge in [-0.25, -0.2) is 0 Å². The minimum absolute atomic E-state index is 0.579. The minimum Gasteiger partial charge on any atom is -0.313 e. The largest absolute Gasteiger partial charge is 0.313 e. The molecule has 0 aliphatic carbocycles. The molecular weight excluding hydrogens is 230 g/mol. The summed E-state index contributed by atoms with van der Waals surface area (Å²) in [5, 5.41) is 9.24. The molecule has 0 aliphatic rings. The topological polar surface area (TPSA) is 29.9 Å². The summed E-state index contributed by atoms with van der Waals surface area (Å²) in [5.41, 5.74) is 1.10. The Hall–Kier alpha value is -0.480. The Morgan fingerprint density at radius 1 is 1.47 bits per heavy atom. The van der Waals surface area contributed by atoms with Gasteiger partial charge in [-0.1, -0.05) is 20.8 Å². The van der Waals surface area contributed by atoms with Crippen LogP contribution in [0.2, 0.25) is 0 Å². The van der Waals surface area contributed by atoms with Crippen molar-refractivity contribution in [2.24, 2.45) is 13.0 Å². The van der Waals surface area contributed by atoms with Gasteiger partial charge in [-0.3, -0.25) is 4.68 Å². The predicted octanol–water partition coefficient (Wildman–Crippen LogP) is 2.84. The van der Waals surface area contributed by atoms with Crippen LogP contribution >= 0.6 is 11.8 Å². The molecule has 1 atom stereocenters. The van der Waals surface area contributed by atoms with Gasteiger partial charge in [-0.05, 0) is 31.9 Å². The van der Waals surface area contributed by atoms with Crippen LogP contribution in [0.15, 0.2) is 11.1 Å². The first-order valence-electron chi connectivity index (χ1n) is 6.41. The number of hydrogen-bond donors (Lipinski definition) is 1. The average Bonchev–Trinajstić information content (AvgIpc) is 2.57. The fourth-order valence-electron chi connectivity index (χ4n) is 1.71. The molecule has 1 aromatic heterocycles. The van der Waals surface area contributed by atoms with E-state index in [2.05, 4.69) is 37.3 Å². The van der Waals surface area contributed by atoms with Gasteiger partial charge in [0.1, 0.15) is 0 Å². The molecule has 0 aliphatic heterocycles. The molecule has 0 spiro atoms. The van der Waals surface area contributed by atoms with Gasteiger partial charge in [0.25, 0.3) is 0 Å². The molecule has 4 heteroatoms. The summed E-state index contributed by atoms with van der Waals surface area (Å²) < 4.78 is 1.97. The van der Waals surface area contributed by atoms with Crippen molar-refractivity contribution in [3.05, 3.63) is 11.8 Å². The molecule has 17 heavy (non-hydrogen) atoms. The molecule has 1 rings (SSSR count). The quantitative estimate of drug-likeness (QED) is 0.760. The van der Waals surface area contributed by atoms with Crippen LogP contribution < -0.4 is 5.32 Å². The van der Waals surface area contributed by atoms with E-state index in [9.17, 15) is 0 Å². The number of hydrogen-bond acceptors (Lipinski definition) is 3. The Bertz CT molecular complexity index is 333. The molecule has 0 fully saturated rings. The van der Waals surface area contributed by atoms with Gasteiger partial charge in [0, 0.05) is 18.8 Å². The van der Waals surface area contributed by atoms with Gasteiger partial charge >= 0.3 is 0 Å². The second-order valence-electron chi connectivity index (χ2n) is 4.86. The van der Waals surface area contributed by atoms with Crippen LogP contribution in [-0.4, -0.2) is 28.1 Å². The van der Waals surface area contributed by atoms with Crippen molar-refractivity contribution >= 4 is 11.8 Å². The van der Waals surface area contributed by atoms with Crippen molar-refractivity contribution in [3.8, 4) is 0 Å². The molecule has 0 saturated heterocycles. The van der Waals surface area contributed by atoms with Gasteiger partial charge in [-0.15, -0.1) is 11.8 Å². The van der Waals surface area contributed by atoms with Crippen LogP contribution in [0.4, 0.5) is 0 Å². The zero-order valence-corrected chi connectivity index (χ0v) is 12.5. The molecular formula is C13H25N3S. The number of rotatable bonds is 7. The number of aryl methyl sites for hydroxylation is 2. The maximum absolute atomic E-state index is 4.37. The molecule has 98 valence electrons. The Kier molecular flexibility index (Phi) is 6.06. The van der Waals surface area contributed by atoms with Crippen molar-refractivity contribution in [3.63, 3.8) is 0 Å². The predicted molar refractivity (Wildman–Crippen MR) is 75.6 cm³/mol. The molecule has 1 heterocycles. The second kappa shape index (κ2) is 7.07. The van der Waals surface area contributed by atoms with E-state index in [1.54, 1.807) is 0 Å². The first-order chi connectivity index (χ1) is 8.04. The lowest BCUT2D eigenvalue weighted by atomic mass is 10.1. The SMILES string of the molecule is CCCNC(CSc1cc(C)nn1C)C(C)C. The van der Waals surface area contributed by atoms with Crippen molar-refractivity contribution in [1.82, 2.24) is 15.1 Å². The summed E-state index contributed by atoms with van der Waals surface area (Å²) in [6, 6.07) is 2.73. The Morgan fingerprint density at radius 2 is 2.18 bits per heavy atom. The smallest absolute Gasteiger partial charge is 0.0939 e. The summed E-state index contributed by atoms with van der Waals surface area (Å²) in [4.78, 5) is 0. The van der Waals surface area contributed by atoms with Crippen LogP contribution in [0.3, 0.4) is 0 Å². The van der Waals surface area contributed by atoms with E-state index in [1.807, 2.05) is 30.4 Å². The molecule has 0 amide bonds. The first-order valence-corrected chi connectivity index (χ1v) is 7.40. The first kappa shape index (κ1) is 14.6. The summed E-state index contributed by atoms with van der Waals surface area (Å²) in [6.45, 7) is 9.92. The third-order valence-corrected chi connectivity index (χ3v) is 4.03. The molecule has 1 N–H and O–H groups in total. The van der Waals surface area contributed by atoms with Crippen LogP contribution in [0, 0.1) is 12.8 Å². The molecule has 1 unspecified atom stereocenters. The number of thioether (sulfide) groups is 1. The van der Waals surface area contributed by atoms with E-state index in [0.29, 0.717) is 12.0 Å². The summed E-state index contributed by atoms with van der Waals surface area (Å²) in [6.07, 6.45) is 1.19. The van der Waals surface area contributed by atoms with Gasteiger partial charge in [0.15, 0.2) is 0 Å². The second-order valence-corrected chi connectivity index (χ2v) is 5.90. The van der Waals surface area contributed by atoms with Crippen LogP contribution in [0.5, 0.6) is 0 Å². The van der Waals surface area contributed by atoms with Crippen molar-refractivity contribution in [1.29, 1.82) is 0 Å². The molecule has 0 bridgehead atoms. The number of aromatic nitrogens is 2. The lowest BCUT2D eigenvalue weighted by Gasteiger charge is -2.21. The van der Waals surface area contributed by atoms with E-state index in [-0.39, 0.29) is 0 Å². The normalized spacial score (nSPS) is 13.3.